The van der Waals surface area contributed by atoms with E-state index in [2.05, 4.69) is 15.5 Å². The van der Waals surface area contributed by atoms with Crippen molar-refractivity contribution < 1.29 is 18.7 Å². The fourth-order valence-corrected chi connectivity index (χ4v) is 1.92. The molecule has 2 aromatic carbocycles. The minimum Gasteiger partial charge on any atom is -0.476 e. The summed E-state index contributed by atoms with van der Waals surface area (Å²) in [5, 5.41) is 10.8. The Labute approximate surface area is 136 Å². The molecule has 0 aliphatic heterocycles. The molecule has 24 heavy (non-hydrogen) atoms. The third kappa shape index (κ3) is 3.54. The molecule has 0 aliphatic carbocycles. The number of para-hydroxylation sites is 1. The molecule has 1 heterocycles. The van der Waals surface area contributed by atoms with E-state index in [4.69, 9.17) is 9.47 Å². The van der Waals surface area contributed by atoms with Crippen molar-refractivity contribution in [3.05, 3.63) is 60.7 Å². The van der Waals surface area contributed by atoms with Crippen LogP contribution in [0.3, 0.4) is 0 Å². The lowest BCUT2D eigenvalue weighted by molar-refractivity contribution is -0.141. The van der Waals surface area contributed by atoms with Crippen molar-refractivity contribution in [3.63, 3.8) is 0 Å². The number of halogens is 1. The molecule has 0 radical (unpaired) electrons. The van der Waals surface area contributed by atoms with Crippen molar-refractivity contribution in [2.24, 2.45) is 0 Å². The fraction of sp³-hybridized carbons (Fsp3) is 0.125. The maximum atomic E-state index is 13.5. The Morgan fingerprint density at radius 1 is 1.17 bits per heavy atom. The van der Waals surface area contributed by atoms with Gasteiger partial charge in [0.25, 0.3) is 0 Å². The molecule has 0 N–H and O–H groups in total. The second-order valence-corrected chi connectivity index (χ2v) is 4.86. The van der Waals surface area contributed by atoms with Gasteiger partial charge in [-0.15, -0.1) is 5.10 Å². The van der Waals surface area contributed by atoms with E-state index in [0.717, 1.165) is 5.69 Å². The van der Waals surface area contributed by atoms with E-state index in [1.165, 1.54) is 36.1 Å². The summed E-state index contributed by atoms with van der Waals surface area (Å²) in [7, 11) is 0. The van der Waals surface area contributed by atoms with E-state index in [0.29, 0.717) is 5.75 Å². The van der Waals surface area contributed by atoms with Crippen LogP contribution in [0.25, 0.3) is 5.69 Å². The Bertz CT molecular complexity index is 822. The molecule has 0 fully saturated rings. The minimum atomic E-state index is -0.957. The first-order valence-electron chi connectivity index (χ1n) is 7.10. The highest BCUT2D eigenvalue weighted by Gasteiger charge is 2.18. The Balaban J connectivity index is 1.63. The van der Waals surface area contributed by atoms with Gasteiger partial charge < -0.3 is 9.47 Å². The summed E-state index contributed by atoms with van der Waals surface area (Å²) >= 11 is 0. The van der Waals surface area contributed by atoms with Crippen LogP contribution in [0.2, 0.25) is 0 Å². The number of hydrogen-bond donors (Lipinski definition) is 0. The Morgan fingerprint density at radius 2 is 1.92 bits per heavy atom. The molecule has 0 spiro atoms. The number of nitrogens with zero attached hydrogens (tertiary/aromatic N) is 4. The van der Waals surface area contributed by atoms with Crippen molar-refractivity contribution in [1.82, 2.24) is 20.2 Å². The van der Waals surface area contributed by atoms with Gasteiger partial charge in [0, 0.05) is 0 Å². The number of rotatable bonds is 5. The second-order valence-electron chi connectivity index (χ2n) is 4.86. The normalized spacial score (nSPS) is 11.8. The van der Waals surface area contributed by atoms with Crippen LogP contribution in [0.15, 0.2) is 54.9 Å². The molecule has 0 unspecified atom stereocenters. The predicted octanol–water partition coefficient (Wildman–Crippen LogP) is 2.17. The average Bonchev–Trinajstić information content (AvgIpc) is 3.12. The summed E-state index contributed by atoms with van der Waals surface area (Å²) in [6.45, 7) is 1.49. The first-order valence-corrected chi connectivity index (χ1v) is 7.10. The number of hydrogen-bond acceptors (Lipinski definition) is 6. The highest BCUT2D eigenvalue weighted by molar-refractivity contribution is 5.77. The standard InChI is InChI=1S/C16H13FN4O3/c1-11(23-15-5-3-2-4-14(15)17)16(22)24-13-8-6-12(7-9-13)21-10-18-19-20-21/h2-11H,1H3/t11-/m1/s1. The molecule has 0 amide bonds. The van der Waals surface area contributed by atoms with Crippen molar-refractivity contribution in [2.45, 2.75) is 13.0 Å². The molecule has 3 aromatic rings. The average molecular weight is 328 g/mol. The third-order valence-corrected chi connectivity index (χ3v) is 3.14. The van der Waals surface area contributed by atoms with Gasteiger partial charge in [0.2, 0.25) is 0 Å². The van der Waals surface area contributed by atoms with E-state index >= 15 is 0 Å². The van der Waals surface area contributed by atoms with Gasteiger partial charge in [-0.2, -0.15) is 0 Å². The maximum Gasteiger partial charge on any atom is 0.352 e. The fourth-order valence-electron chi connectivity index (χ4n) is 1.92. The van der Waals surface area contributed by atoms with E-state index in [1.54, 1.807) is 30.3 Å². The number of benzene rings is 2. The Hall–Kier alpha value is -3.29. The van der Waals surface area contributed by atoms with Crippen LogP contribution in [0.1, 0.15) is 6.92 Å². The van der Waals surface area contributed by atoms with Crippen molar-refractivity contribution >= 4 is 5.97 Å². The zero-order valence-corrected chi connectivity index (χ0v) is 12.7. The van der Waals surface area contributed by atoms with Crippen LogP contribution in [0, 0.1) is 5.82 Å². The first-order chi connectivity index (χ1) is 11.6. The summed E-state index contributed by atoms with van der Waals surface area (Å²) in [4.78, 5) is 12.0. The molecule has 0 aliphatic rings. The molecule has 8 heteroatoms. The SMILES string of the molecule is C[C@@H](Oc1ccccc1F)C(=O)Oc1ccc(-n2cnnn2)cc1. The van der Waals surface area contributed by atoms with Gasteiger partial charge in [0.15, 0.2) is 17.7 Å². The van der Waals surface area contributed by atoms with Crippen LogP contribution in [-0.4, -0.2) is 32.3 Å². The lowest BCUT2D eigenvalue weighted by atomic mass is 10.3. The van der Waals surface area contributed by atoms with E-state index < -0.39 is 17.9 Å². The van der Waals surface area contributed by atoms with E-state index in [9.17, 15) is 9.18 Å². The third-order valence-electron chi connectivity index (χ3n) is 3.14. The van der Waals surface area contributed by atoms with Crippen LogP contribution in [0.4, 0.5) is 4.39 Å². The molecular formula is C16H13FN4O3. The quantitative estimate of drug-likeness (QED) is 0.527. The number of tetrazole rings is 1. The van der Waals surface area contributed by atoms with Crippen molar-refractivity contribution in [3.8, 4) is 17.2 Å². The van der Waals surface area contributed by atoms with Gasteiger partial charge in [-0.25, -0.2) is 13.9 Å². The van der Waals surface area contributed by atoms with Crippen LogP contribution in [0.5, 0.6) is 11.5 Å². The maximum absolute atomic E-state index is 13.5. The summed E-state index contributed by atoms with van der Waals surface area (Å²) in [6.07, 6.45) is 0.492. The van der Waals surface area contributed by atoms with Gasteiger partial charge in [0.1, 0.15) is 12.1 Å². The first kappa shape index (κ1) is 15.6. The number of esters is 1. The highest BCUT2D eigenvalue weighted by atomic mass is 19.1. The topological polar surface area (TPSA) is 79.1 Å². The van der Waals surface area contributed by atoms with Gasteiger partial charge in [-0.1, -0.05) is 12.1 Å². The summed E-state index contributed by atoms with van der Waals surface area (Å²) < 4.78 is 25.5. The lowest BCUT2D eigenvalue weighted by Crippen LogP contribution is -2.28. The van der Waals surface area contributed by atoms with Gasteiger partial charge in [-0.3, -0.25) is 0 Å². The van der Waals surface area contributed by atoms with Gasteiger partial charge in [-0.05, 0) is 53.7 Å². The molecular weight excluding hydrogens is 315 g/mol. The number of ether oxygens (including phenoxy) is 2. The van der Waals surface area contributed by atoms with Crippen molar-refractivity contribution in [1.29, 1.82) is 0 Å². The summed E-state index contributed by atoms with van der Waals surface area (Å²) in [5.74, 6) is -0.840. The minimum absolute atomic E-state index is 0.00372. The molecule has 1 aromatic heterocycles. The van der Waals surface area contributed by atoms with Gasteiger partial charge in [0.05, 0.1) is 5.69 Å². The monoisotopic (exact) mass is 328 g/mol. The van der Waals surface area contributed by atoms with E-state index in [-0.39, 0.29) is 5.75 Å². The number of carbonyl (C=O) groups excluding carboxylic acids is 1. The molecule has 122 valence electrons. The van der Waals surface area contributed by atoms with Crippen LogP contribution in [-0.2, 0) is 4.79 Å². The van der Waals surface area contributed by atoms with Crippen LogP contribution < -0.4 is 9.47 Å². The summed E-state index contributed by atoms with van der Waals surface area (Å²) in [5.41, 5.74) is 0.718. The zero-order chi connectivity index (χ0) is 16.9. The van der Waals surface area contributed by atoms with Gasteiger partial charge >= 0.3 is 5.97 Å². The Morgan fingerprint density at radius 3 is 2.58 bits per heavy atom. The lowest BCUT2D eigenvalue weighted by Gasteiger charge is -2.14. The molecule has 1 atom stereocenters. The largest absolute Gasteiger partial charge is 0.476 e. The Kier molecular flexibility index (Phi) is 4.46. The smallest absolute Gasteiger partial charge is 0.352 e. The zero-order valence-electron chi connectivity index (χ0n) is 12.7. The molecule has 0 saturated heterocycles. The second kappa shape index (κ2) is 6.86. The van der Waals surface area contributed by atoms with E-state index in [1.807, 2.05) is 0 Å². The molecule has 0 bridgehead atoms. The van der Waals surface area contributed by atoms with Crippen LogP contribution >= 0.6 is 0 Å². The molecule has 7 nitrogen and oxygen atoms in total. The molecule has 0 saturated carbocycles. The number of aromatic nitrogens is 4. The number of carbonyl (C=O) groups is 1. The summed E-state index contributed by atoms with van der Waals surface area (Å²) in [6, 6.07) is 12.5. The highest BCUT2D eigenvalue weighted by Crippen LogP contribution is 2.19. The molecule has 3 rings (SSSR count). The van der Waals surface area contributed by atoms with Crippen molar-refractivity contribution in [2.75, 3.05) is 0 Å². The predicted molar refractivity (Wildman–Crippen MR) is 81.3 cm³/mol.